The largest absolute Gasteiger partial charge is 0.493 e. The fraction of sp³-hybridized carbons (Fsp3) is 0.562. The summed E-state index contributed by atoms with van der Waals surface area (Å²) in [4.78, 5) is 14.0. The molecule has 5 nitrogen and oxygen atoms in total. The lowest BCUT2D eigenvalue weighted by molar-refractivity contribution is -0.128. The van der Waals surface area contributed by atoms with Crippen molar-refractivity contribution in [2.24, 2.45) is 0 Å². The van der Waals surface area contributed by atoms with E-state index >= 15 is 0 Å². The van der Waals surface area contributed by atoms with Crippen molar-refractivity contribution in [1.29, 1.82) is 0 Å². The predicted octanol–water partition coefficient (Wildman–Crippen LogP) is 2.70. The normalized spacial score (nSPS) is 17.9. The van der Waals surface area contributed by atoms with E-state index in [0.29, 0.717) is 31.3 Å². The summed E-state index contributed by atoms with van der Waals surface area (Å²) in [6.07, 6.45) is 0.841. The number of nitrogens with zero attached hydrogens (tertiary/aromatic N) is 1. The fourth-order valence-corrected chi connectivity index (χ4v) is 3.67. The lowest BCUT2D eigenvalue weighted by Gasteiger charge is -2.24. The summed E-state index contributed by atoms with van der Waals surface area (Å²) < 4.78 is 16.0. The molecule has 1 saturated heterocycles. The fourth-order valence-electron chi connectivity index (χ4n) is 2.47. The molecule has 122 valence electrons. The van der Waals surface area contributed by atoms with Gasteiger partial charge in [0.05, 0.1) is 19.5 Å². The van der Waals surface area contributed by atoms with E-state index in [4.69, 9.17) is 14.2 Å². The summed E-state index contributed by atoms with van der Waals surface area (Å²) in [6.45, 7) is 3.89. The second-order valence-electron chi connectivity index (χ2n) is 4.94. The molecule has 2 rings (SSSR count). The predicted molar refractivity (Wildman–Crippen MR) is 87.6 cm³/mol. The first-order valence-electron chi connectivity index (χ1n) is 7.42. The average molecular weight is 325 g/mol. The van der Waals surface area contributed by atoms with Gasteiger partial charge >= 0.3 is 0 Å². The quantitative estimate of drug-likeness (QED) is 0.688. The van der Waals surface area contributed by atoms with E-state index in [-0.39, 0.29) is 11.3 Å². The molecule has 1 heterocycles. The minimum atomic E-state index is 0.0365. The standard InChI is InChI=1S/C16H23NO4S/c1-4-21-14-10-12(6-7-13(14)20-3)16-17(8-5-9-19-2)15(18)11-22-16/h6-7,10,16H,4-5,8-9,11H2,1-3H3. The van der Waals surface area contributed by atoms with Crippen molar-refractivity contribution >= 4 is 17.7 Å². The van der Waals surface area contributed by atoms with Gasteiger partial charge in [-0.25, -0.2) is 0 Å². The molecule has 1 aromatic rings. The molecular formula is C16H23NO4S. The van der Waals surface area contributed by atoms with Crippen LogP contribution in [0.25, 0.3) is 0 Å². The zero-order valence-electron chi connectivity index (χ0n) is 13.3. The zero-order chi connectivity index (χ0) is 15.9. The van der Waals surface area contributed by atoms with Crippen LogP contribution in [0, 0.1) is 0 Å². The SMILES string of the molecule is CCOc1cc(C2SCC(=O)N2CCCOC)ccc1OC. The lowest BCUT2D eigenvalue weighted by Crippen LogP contribution is -2.29. The van der Waals surface area contributed by atoms with Crippen LogP contribution in [-0.2, 0) is 9.53 Å². The van der Waals surface area contributed by atoms with Crippen molar-refractivity contribution < 1.29 is 19.0 Å². The number of hydrogen-bond acceptors (Lipinski definition) is 5. The number of ether oxygens (including phenoxy) is 3. The van der Waals surface area contributed by atoms with Crippen LogP contribution in [0.1, 0.15) is 24.3 Å². The number of methoxy groups -OCH3 is 2. The minimum absolute atomic E-state index is 0.0365. The number of hydrogen-bond donors (Lipinski definition) is 0. The Morgan fingerprint density at radius 1 is 1.32 bits per heavy atom. The molecule has 0 bridgehead atoms. The summed E-state index contributed by atoms with van der Waals surface area (Å²) in [5, 5.41) is 0.0365. The molecule has 1 fully saturated rings. The molecule has 1 aliphatic heterocycles. The molecule has 0 aliphatic carbocycles. The monoisotopic (exact) mass is 325 g/mol. The Labute approximate surface area is 135 Å². The maximum absolute atomic E-state index is 12.1. The van der Waals surface area contributed by atoms with E-state index in [1.807, 2.05) is 30.0 Å². The van der Waals surface area contributed by atoms with Crippen molar-refractivity contribution in [3.05, 3.63) is 23.8 Å². The van der Waals surface area contributed by atoms with Crippen molar-refractivity contribution in [3.8, 4) is 11.5 Å². The highest BCUT2D eigenvalue weighted by atomic mass is 32.2. The lowest BCUT2D eigenvalue weighted by atomic mass is 10.1. The summed E-state index contributed by atoms with van der Waals surface area (Å²) in [7, 11) is 3.30. The van der Waals surface area contributed by atoms with E-state index in [1.54, 1.807) is 26.0 Å². The van der Waals surface area contributed by atoms with Crippen LogP contribution < -0.4 is 9.47 Å². The third kappa shape index (κ3) is 3.87. The van der Waals surface area contributed by atoms with Crippen LogP contribution in [-0.4, -0.2) is 50.5 Å². The maximum Gasteiger partial charge on any atom is 0.233 e. The third-order valence-corrected chi connectivity index (χ3v) is 4.74. The second-order valence-corrected chi connectivity index (χ2v) is 6.01. The van der Waals surface area contributed by atoms with Crippen LogP contribution >= 0.6 is 11.8 Å². The molecule has 1 aliphatic rings. The Morgan fingerprint density at radius 3 is 2.82 bits per heavy atom. The van der Waals surface area contributed by atoms with Crippen molar-refractivity contribution in [2.75, 3.05) is 39.7 Å². The molecule has 0 N–H and O–H groups in total. The van der Waals surface area contributed by atoms with E-state index < -0.39 is 0 Å². The summed E-state index contributed by atoms with van der Waals surface area (Å²) in [5.74, 6) is 2.14. The highest BCUT2D eigenvalue weighted by molar-refractivity contribution is 8.00. The first kappa shape index (κ1) is 17.0. The van der Waals surface area contributed by atoms with Crippen LogP contribution in [0.4, 0.5) is 0 Å². The summed E-state index contributed by atoms with van der Waals surface area (Å²) in [5.41, 5.74) is 1.07. The van der Waals surface area contributed by atoms with Gasteiger partial charge in [-0.3, -0.25) is 4.79 Å². The van der Waals surface area contributed by atoms with Crippen LogP contribution in [0.3, 0.4) is 0 Å². The van der Waals surface area contributed by atoms with Gasteiger partial charge in [0.25, 0.3) is 0 Å². The Morgan fingerprint density at radius 2 is 2.14 bits per heavy atom. The number of carbonyl (C=O) groups is 1. The van der Waals surface area contributed by atoms with Gasteiger partial charge in [-0.05, 0) is 31.0 Å². The molecule has 1 aromatic carbocycles. The van der Waals surface area contributed by atoms with E-state index in [1.165, 1.54) is 0 Å². The Hall–Kier alpha value is -1.40. The van der Waals surface area contributed by atoms with Gasteiger partial charge in [0.1, 0.15) is 5.37 Å². The average Bonchev–Trinajstić information content (AvgIpc) is 2.89. The van der Waals surface area contributed by atoms with Gasteiger partial charge in [-0.15, -0.1) is 11.8 Å². The second kappa shape index (κ2) is 8.29. The number of amides is 1. The molecule has 0 saturated carbocycles. The first-order chi connectivity index (χ1) is 10.7. The van der Waals surface area contributed by atoms with Gasteiger partial charge < -0.3 is 19.1 Å². The smallest absolute Gasteiger partial charge is 0.233 e. The number of benzene rings is 1. The number of thioether (sulfide) groups is 1. The highest BCUT2D eigenvalue weighted by Gasteiger charge is 2.32. The Kier molecular flexibility index (Phi) is 6.39. The number of carbonyl (C=O) groups excluding carboxylic acids is 1. The molecule has 1 atom stereocenters. The van der Waals surface area contributed by atoms with Crippen LogP contribution in [0.5, 0.6) is 11.5 Å². The minimum Gasteiger partial charge on any atom is -0.493 e. The molecule has 6 heteroatoms. The molecule has 0 radical (unpaired) electrons. The topological polar surface area (TPSA) is 48.0 Å². The van der Waals surface area contributed by atoms with Crippen LogP contribution in [0.15, 0.2) is 18.2 Å². The molecule has 1 unspecified atom stereocenters. The van der Waals surface area contributed by atoms with Gasteiger partial charge in [0, 0.05) is 20.3 Å². The summed E-state index contributed by atoms with van der Waals surface area (Å²) in [6, 6.07) is 5.87. The van der Waals surface area contributed by atoms with E-state index in [9.17, 15) is 4.79 Å². The van der Waals surface area contributed by atoms with E-state index in [0.717, 1.165) is 17.7 Å². The third-order valence-electron chi connectivity index (χ3n) is 3.49. The highest BCUT2D eigenvalue weighted by Crippen LogP contribution is 2.41. The first-order valence-corrected chi connectivity index (χ1v) is 8.46. The molecule has 0 spiro atoms. The van der Waals surface area contributed by atoms with Crippen molar-refractivity contribution in [1.82, 2.24) is 4.90 Å². The van der Waals surface area contributed by atoms with E-state index in [2.05, 4.69) is 0 Å². The molecule has 0 aromatic heterocycles. The molecule has 22 heavy (non-hydrogen) atoms. The van der Waals surface area contributed by atoms with Gasteiger partial charge in [-0.1, -0.05) is 6.07 Å². The van der Waals surface area contributed by atoms with Crippen molar-refractivity contribution in [3.63, 3.8) is 0 Å². The zero-order valence-corrected chi connectivity index (χ0v) is 14.1. The Bertz CT molecular complexity index is 509. The van der Waals surface area contributed by atoms with Gasteiger partial charge in [0.2, 0.25) is 5.91 Å². The van der Waals surface area contributed by atoms with Crippen molar-refractivity contribution in [2.45, 2.75) is 18.7 Å². The maximum atomic E-state index is 12.1. The molecular weight excluding hydrogens is 302 g/mol. The molecule has 1 amide bonds. The number of rotatable bonds is 8. The summed E-state index contributed by atoms with van der Waals surface area (Å²) >= 11 is 1.65. The Balaban J connectivity index is 2.17. The van der Waals surface area contributed by atoms with Gasteiger partial charge in [0.15, 0.2) is 11.5 Å². The van der Waals surface area contributed by atoms with Crippen LogP contribution in [0.2, 0.25) is 0 Å². The van der Waals surface area contributed by atoms with Gasteiger partial charge in [-0.2, -0.15) is 0 Å².